The van der Waals surface area contributed by atoms with E-state index in [1.165, 1.54) is 11.1 Å². The predicted octanol–water partition coefficient (Wildman–Crippen LogP) is 0.354. The average Bonchev–Trinajstić information content (AvgIpc) is 2.48. The van der Waals surface area contributed by atoms with Gasteiger partial charge in [-0.3, -0.25) is 9.69 Å². The van der Waals surface area contributed by atoms with Crippen molar-refractivity contribution in [2.24, 2.45) is 0 Å². The van der Waals surface area contributed by atoms with Gasteiger partial charge in [-0.1, -0.05) is 24.3 Å². The lowest BCUT2D eigenvalue weighted by molar-refractivity contribution is -0.120. The summed E-state index contributed by atoms with van der Waals surface area (Å²) in [6, 6.07) is 8.28. The second-order valence-corrected chi connectivity index (χ2v) is 4.96. The number of nitrogens with one attached hydrogen (secondary N) is 2. The van der Waals surface area contributed by atoms with Crippen LogP contribution in [0.2, 0.25) is 0 Å². The van der Waals surface area contributed by atoms with Crippen LogP contribution < -0.4 is 10.6 Å². The standard InChI is InChI=1S/C15H23N3O2/c1-16-11-15(19)17-10-13-4-2-3-5-14(13)12-18-6-8-20-9-7-18/h2-5,16H,6-12H2,1H3,(H,17,19). The van der Waals surface area contributed by atoms with Crippen LogP contribution in [0, 0.1) is 0 Å². The summed E-state index contributed by atoms with van der Waals surface area (Å²) < 4.78 is 5.37. The molecule has 0 radical (unpaired) electrons. The van der Waals surface area contributed by atoms with Crippen LogP contribution in [-0.2, 0) is 22.6 Å². The Hall–Kier alpha value is -1.43. The Morgan fingerprint density at radius 1 is 1.25 bits per heavy atom. The highest BCUT2D eigenvalue weighted by atomic mass is 16.5. The molecule has 1 aromatic carbocycles. The monoisotopic (exact) mass is 277 g/mol. The van der Waals surface area contributed by atoms with Crippen LogP contribution in [0.4, 0.5) is 0 Å². The second-order valence-electron chi connectivity index (χ2n) is 4.96. The van der Waals surface area contributed by atoms with Gasteiger partial charge in [-0.15, -0.1) is 0 Å². The molecule has 1 aliphatic rings. The van der Waals surface area contributed by atoms with Crippen LogP contribution in [0.5, 0.6) is 0 Å². The Bertz CT molecular complexity index is 431. The van der Waals surface area contributed by atoms with Gasteiger partial charge < -0.3 is 15.4 Å². The molecule has 1 fully saturated rings. The van der Waals surface area contributed by atoms with Crippen LogP contribution in [0.15, 0.2) is 24.3 Å². The molecule has 0 aromatic heterocycles. The average molecular weight is 277 g/mol. The zero-order valence-electron chi connectivity index (χ0n) is 12.0. The molecule has 110 valence electrons. The van der Waals surface area contributed by atoms with E-state index in [1.54, 1.807) is 7.05 Å². The molecule has 2 rings (SSSR count). The first kappa shape index (κ1) is 15.0. The van der Waals surface area contributed by atoms with E-state index in [-0.39, 0.29) is 5.91 Å². The topological polar surface area (TPSA) is 53.6 Å². The van der Waals surface area contributed by atoms with Crippen molar-refractivity contribution in [1.29, 1.82) is 0 Å². The first-order valence-electron chi connectivity index (χ1n) is 7.08. The molecule has 1 heterocycles. The van der Waals surface area contributed by atoms with E-state index in [2.05, 4.69) is 33.7 Å². The number of ether oxygens (including phenoxy) is 1. The van der Waals surface area contributed by atoms with Gasteiger partial charge in [0, 0.05) is 26.2 Å². The molecular formula is C15H23N3O2. The van der Waals surface area contributed by atoms with Crippen LogP contribution in [0.1, 0.15) is 11.1 Å². The van der Waals surface area contributed by atoms with Crippen molar-refractivity contribution in [1.82, 2.24) is 15.5 Å². The van der Waals surface area contributed by atoms with Gasteiger partial charge in [0.2, 0.25) is 5.91 Å². The molecule has 0 bridgehead atoms. The summed E-state index contributed by atoms with van der Waals surface area (Å²) in [6.07, 6.45) is 0. The third kappa shape index (κ3) is 4.59. The predicted molar refractivity (Wildman–Crippen MR) is 78.3 cm³/mol. The van der Waals surface area contributed by atoms with Gasteiger partial charge >= 0.3 is 0 Å². The molecule has 1 saturated heterocycles. The molecule has 0 unspecified atom stereocenters. The van der Waals surface area contributed by atoms with Gasteiger partial charge in [0.15, 0.2) is 0 Å². The summed E-state index contributed by atoms with van der Waals surface area (Å²) in [5.74, 6) is 0.0219. The van der Waals surface area contributed by atoms with E-state index in [0.29, 0.717) is 13.1 Å². The van der Waals surface area contributed by atoms with Crippen LogP contribution in [0.25, 0.3) is 0 Å². The Kier molecular flexibility index (Phi) is 5.98. The molecule has 1 amide bonds. The molecule has 0 saturated carbocycles. The van der Waals surface area contributed by atoms with E-state index >= 15 is 0 Å². The van der Waals surface area contributed by atoms with Crippen LogP contribution in [0.3, 0.4) is 0 Å². The number of rotatable bonds is 6. The lowest BCUT2D eigenvalue weighted by Gasteiger charge is -2.27. The first-order valence-corrected chi connectivity index (χ1v) is 7.08. The Morgan fingerprint density at radius 3 is 2.65 bits per heavy atom. The Morgan fingerprint density at radius 2 is 1.95 bits per heavy atom. The van der Waals surface area contributed by atoms with E-state index in [4.69, 9.17) is 4.74 Å². The number of morpholine rings is 1. The first-order chi connectivity index (χ1) is 9.79. The van der Waals surface area contributed by atoms with Crippen molar-refractivity contribution in [2.45, 2.75) is 13.1 Å². The van der Waals surface area contributed by atoms with E-state index in [9.17, 15) is 4.79 Å². The lowest BCUT2D eigenvalue weighted by Crippen LogP contribution is -2.36. The summed E-state index contributed by atoms with van der Waals surface area (Å²) in [7, 11) is 1.77. The molecule has 1 aliphatic heterocycles. The van der Waals surface area contributed by atoms with Gasteiger partial charge in [0.1, 0.15) is 0 Å². The highest BCUT2D eigenvalue weighted by molar-refractivity contribution is 5.77. The summed E-state index contributed by atoms with van der Waals surface area (Å²) in [5.41, 5.74) is 2.46. The van der Waals surface area contributed by atoms with Crippen LogP contribution >= 0.6 is 0 Å². The van der Waals surface area contributed by atoms with Gasteiger partial charge in [-0.2, -0.15) is 0 Å². The maximum absolute atomic E-state index is 11.5. The number of amides is 1. The fourth-order valence-corrected chi connectivity index (χ4v) is 2.30. The highest BCUT2D eigenvalue weighted by Gasteiger charge is 2.12. The molecule has 20 heavy (non-hydrogen) atoms. The molecule has 0 atom stereocenters. The molecule has 0 spiro atoms. The van der Waals surface area contributed by atoms with Crippen LogP contribution in [-0.4, -0.2) is 50.7 Å². The zero-order chi connectivity index (χ0) is 14.2. The summed E-state index contributed by atoms with van der Waals surface area (Å²) in [6.45, 7) is 5.41. The summed E-state index contributed by atoms with van der Waals surface area (Å²) in [5, 5.41) is 5.78. The molecule has 5 heteroatoms. The molecular weight excluding hydrogens is 254 g/mol. The number of nitrogens with zero attached hydrogens (tertiary/aromatic N) is 1. The van der Waals surface area contributed by atoms with Gasteiger partial charge in [-0.25, -0.2) is 0 Å². The molecule has 2 N–H and O–H groups in total. The molecule has 1 aromatic rings. The zero-order valence-corrected chi connectivity index (χ0v) is 12.0. The minimum absolute atomic E-state index is 0.0219. The van der Waals surface area contributed by atoms with E-state index in [0.717, 1.165) is 32.8 Å². The summed E-state index contributed by atoms with van der Waals surface area (Å²) in [4.78, 5) is 13.9. The van der Waals surface area contributed by atoms with Crippen molar-refractivity contribution in [3.05, 3.63) is 35.4 Å². The third-order valence-electron chi connectivity index (χ3n) is 3.43. The number of carbonyl (C=O) groups excluding carboxylic acids is 1. The number of likely N-dealkylation sites (N-methyl/N-ethyl adjacent to an activating group) is 1. The van der Waals surface area contributed by atoms with Crippen molar-refractivity contribution < 1.29 is 9.53 Å². The molecule has 5 nitrogen and oxygen atoms in total. The van der Waals surface area contributed by atoms with Crippen molar-refractivity contribution >= 4 is 5.91 Å². The summed E-state index contributed by atoms with van der Waals surface area (Å²) >= 11 is 0. The fraction of sp³-hybridized carbons (Fsp3) is 0.533. The Balaban J connectivity index is 1.93. The smallest absolute Gasteiger partial charge is 0.234 e. The van der Waals surface area contributed by atoms with Crippen molar-refractivity contribution in [3.63, 3.8) is 0 Å². The second kappa shape index (κ2) is 7.99. The largest absolute Gasteiger partial charge is 0.379 e. The van der Waals surface area contributed by atoms with Crippen molar-refractivity contribution in [3.8, 4) is 0 Å². The minimum Gasteiger partial charge on any atom is -0.379 e. The van der Waals surface area contributed by atoms with Gasteiger partial charge in [0.25, 0.3) is 0 Å². The number of hydrogen-bond acceptors (Lipinski definition) is 4. The normalized spacial score (nSPS) is 16.1. The minimum atomic E-state index is 0.0219. The highest BCUT2D eigenvalue weighted by Crippen LogP contribution is 2.12. The maximum atomic E-state index is 11.5. The SMILES string of the molecule is CNCC(=O)NCc1ccccc1CN1CCOCC1. The quantitative estimate of drug-likeness (QED) is 0.788. The lowest BCUT2D eigenvalue weighted by atomic mass is 10.1. The third-order valence-corrected chi connectivity index (χ3v) is 3.43. The van der Waals surface area contributed by atoms with Gasteiger partial charge in [0.05, 0.1) is 19.8 Å². The maximum Gasteiger partial charge on any atom is 0.234 e. The Labute approximate surface area is 120 Å². The van der Waals surface area contributed by atoms with E-state index in [1.807, 2.05) is 6.07 Å². The number of benzene rings is 1. The van der Waals surface area contributed by atoms with E-state index < -0.39 is 0 Å². The fourth-order valence-electron chi connectivity index (χ4n) is 2.30. The number of carbonyl (C=O) groups is 1. The molecule has 0 aliphatic carbocycles. The van der Waals surface area contributed by atoms with Gasteiger partial charge in [-0.05, 0) is 18.2 Å². The van der Waals surface area contributed by atoms with Crippen molar-refractivity contribution in [2.75, 3.05) is 39.9 Å². The number of hydrogen-bond donors (Lipinski definition) is 2.